The van der Waals surface area contributed by atoms with Gasteiger partial charge in [0.2, 0.25) is 0 Å². The highest BCUT2D eigenvalue weighted by Gasteiger charge is 2.39. The zero-order valence-electron chi connectivity index (χ0n) is 14.4. The summed E-state index contributed by atoms with van der Waals surface area (Å²) in [6, 6.07) is 0.209. The van der Waals surface area contributed by atoms with Crippen LogP contribution < -0.4 is 5.73 Å². The summed E-state index contributed by atoms with van der Waals surface area (Å²) in [5, 5.41) is 0.266. The van der Waals surface area contributed by atoms with Gasteiger partial charge in [0.05, 0.1) is 6.10 Å². The van der Waals surface area contributed by atoms with E-state index in [0.29, 0.717) is 0 Å². The summed E-state index contributed by atoms with van der Waals surface area (Å²) < 4.78 is 6.58. The van der Waals surface area contributed by atoms with E-state index < -0.39 is 8.32 Å². The molecule has 2 atom stereocenters. The van der Waals surface area contributed by atoms with Crippen LogP contribution in [0.5, 0.6) is 0 Å². The molecule has 0 bridgehead atoms. The average Bonchev–Trinajstić information content (AvgIpc) is 2.29. The van der Waals surface area contributed by atoms with Crippen LogP contribution in [0.4, 0.5) is 0 Å². The third-order valence-corrected chi connectivity index (χ3v) is 8.97. The molecule has 19 heavy (non-hydrogen) atoms. The van der Waals surface area contributed by atoms with E-state index in [1.165, 1.54) is 25.7 Å². The van der Waals surface area contributed by atoms with Crippen LogP contribution in [0, 0.1) is 0 Å². The molecule has 2 nitrogen and oxygen atoms in total. The van der Waals surface area contributed by atoms with Crippen LogP contribution >= 0.6 is 0 Å². The average molecular weight is 288 g/mol. The standard InChI is InChI=1S/C16H37NOSi/c1-8-10-12-14(17)15(13-11-9-2)18-19(6,7)16(3,4)5/h14-15H,8-13,17H2,1-7H3/t14-,15+/m1/s1. The van der Waals surface area contributed by atoms with Crippen LogP contribution in [0.25, 0.3) is 0 Å². The largest absolute Gasteiger partial charge is 0.412 e. The smallest absolute Gasteiger partial charge is 0.192 e. The Labute approximate surface area is 122 Å². The quantitative estimate of drug-likeness (QED) is 0.600. The van der Waals surface area contributed by atoms with Crippen molar-refractivity contribution in [3.63, 3.8) is 0 Å². The molecule has 0 rings (SSSR count). The Balaban J connectivity index is 4.66. The normalized spacial score (nSPS) is 16.4. The maximum Gasteiger partial charge on any atom is 0.192 e. The first-order chi connectivity index (χ1) is 8.65. The number of hydrogen-bond acceptors (Lipinski definition) is 2. The molecule has 0 aromatic carbocycles. The maximum atomic E-state index is 6.58. The molecule has 0 aromatic rings. The van der Waals surface area contributed by atoms with Gasteiger partial charge >= 0.3 is 0 Å². The molecule has 0 aliphatic carbocycles. The highest BCUT2D eigenvalue weighted by Crippen LogP contribution is 2.38. The molecule has 0 aliphatic rings. The Morgan fingerprint density at radius 2 is 1.47 bits per heavy atom. The van der Waals surface area contributed by atoms with Crippen LogP contribution in [0.3, 0.4) is 0 Å². The van der Waals surface area contributed by atoms with Crippen molar-refractivity contribution in [3.8, 4) is 0 Å². The first-order valence-corrected chi connectivity index (χ1v) is 11.0. The molecule has 0 saturated carbocycles. The highest BCUT2D eigenvalue weighted by molar-refractivity contribution is 6.74. The molecule has 0 saturated heterocycles. The van der Waals surface area contributed by atoms with Gasteiger partial charge in [-0.2, -0.15) is 0 Å². The van der Waals surface area contributed by atoms with Gasteiger partial charge in [0, 0.05) is 6.04 Å². The van der Waals surface area contributed by atoms with Gasteiger partial charge in [-0.15, -0.1) is 0 Å². The topological polar surface area (TPSA) is 35.2 Å². The van der Waals surface area contributed by atoms with Crippen molar-refractivity contribution in [2.45, 2.75) is 103 Å². The van der Waals surface area contributed by atoms with Gasteiger partial charge in [0.15, 0.2) is 8.32 Å². The highest BCUT2D eigenvalue weighted by atomic mass is 28.4. The summed E-state index contributed by atoms with van der Waals surface area (Å²) in [7, 11) is -1.70. The van der Waals surface area contributed by atoms with E-state index in [1.807, 2.05) is 0 Å². The third-order valence-electron chi connectivity index (χ3n) is 4.46. The zero-order chi connectivity index (χ0) is 15.1. The molecule has 0 fully saturated rings. The summed E-state index contributed by atoms with van der Waals surface area (Å²) in [5.41, 5.74) is 6.39. The minimum Gasteiger partial charge on any atom is -0.412 e. The van der Waals surface area contributed by atoms with Crippen LogP contribution in [0.15, 0.2) is 0 Å². The van der Waals surface area contributed by atoms with Crippen molar-refractivity contribution >= 4 is 8.32 Å². The van der Waals surface area contributed by atoms with Crippen molar-refractivity contribution in [1.82, 2.24) is 0 Å². The summed E-state index contributed by atoms with van der Waals surface area (Å²) in [6.45, 7) is 16.0. The number of hydrogen-bond donors (Lipinski definition) is 1. The van der Waals surface area contributed by atoms with E-state index in [1.54, 1.807) is 0 Å². The number of nitrogens with two attached hydrogens (primary N) is 1. The predicted octanol–water partition coefficient (Wildman–Crippen LogP) is 5.08. The molecule has 2 N–H and O–H groups in total. The molecule has 0 aliphatic heterocycles. The van der Waals surface area contributed by atoms with Crippen molar-refractivity contribution in [1.29, 1.82) is 0 Å². The molecular weight excluding hydrogens is 250 g/mol. The fourth-order valence-electron chi connectivity index (χ4n) is 1.95. The number of rotatable bonds is 9. The van der Waals surface area contributed by atoms with Gasteiger partial charge in [-0.3, -0.25) is 0 Å². The lowest BCUT2D eigenvalue weighted by atomic mass is 10.0. The fourth-order valence-corrected chi connectivity index (χ4v) is 3.35. The number of unbranched alkanes of at least 4 members (excludes halogenated alkanes) is 2. The van der Waals surface area contributed by atoms with E-state index in [-0.39, 0.29) is 17.2 Å². The van der Waals surface area contributed by atoms with E-state index >= 15 is 0 Å². The molecule has 0 amide bonds. The lowest BCUT2D eigenvalue weighted by Gasteiger charge is -2.41. The van der Waals surface area contributed by atoms with Crippen LogP contribution in [-0.4, -0.2) is 20.5 Å². The zero-order valence-corrected chi connectivity index (χ0v) is 15.4. The van der Waals surface area contributed by atoms with Gasteiger partial charge in [0.25, 0.3) is 0 Å². The summed E-state index contributed by atoms with van der Waals surface area (Å²) in [6.07, 6.45) is 7.34. The van der Waals surface area contributed by atoms with Gasteiger partial charge in [-0.1, -0.05) is 60.3 Å². The second-order valence-corrected chi connectivity index (χ2v) is 12.1. The van der Waals surface area contributed by atoms with Crippen molar-refractivity contribution in [2.24, 2.45) is 5.73 Å². The van der Waals surface area contributed by atoms with E-state index in [2.05, 4.69) is 47.7 Å². The van der Waals surface area contributed by atoms with Gasteiger partial charge in [-0.25, -0.2) is 0 Å². The van der Waals surface area contributed by atoms with Crippen LogP contribution in [-0.2, 0) is 4.43 Å². The second-order valence-electron chi connectivity index (χ2n) is 7.36. The summed E-state index contributed by atoms with van der Waals surface area (Å²) >= 11 is 0. The van der Waals surface area contributed by atoms with E-state index in [0.717, 1.165) is 12.8 Å². The minimum absolute atomic E-state index is 0.209. The Bertz CT molecular complexity index is 235. The monoisotopic (exact) mass is 287 g/mol. The van der Waals surface area contributed by atoms with E-state index in [4.69, 9.17) is 10.2 Å². The Kier molecular flexibility index (Phi) is 8.49. The first-order valence-electron chi connectivity index (χ1n) is 8.09. The van der Waals surface area contributed by atoms with Crippen LogP contribution in [0.2, 0.25) is 18.1 Å². The molecule has 0 aromatic heterocycles. The third kappa shape index (κ3) is 6.91. The second kappa shape index (κ2) is 8.43. The first kappa shape index (κ1) is 19.1. The maximum absolute atomic E-state index is 6.58. The molecule has 0 heterocycles. The van der Waals surface area contributed by atoms with Crippen molar-refractivity contribution in [3.05, 3.63) is 0 Å². The predicted molar refractivity (Wildman–Crippen MR) is 89.1 cm³/mol. The lowest BCUT2D eigenvalue weighted by molar-refractivity contribution is 0.135. The van der Waals surface area contributed by atoms with Crippen molar-refractivity contribution < 1.29 is 4.43 Å². The van der Waals surface area contributed by atoms with Crippen molar-refractivity contribution in [2.75, 3.05) is 0 Å². The van der Waals surface area contributed by atoms with E-state index in [9.17, 15) is 0 Å². The SMILES string of the molecule is CCCC[C@@H](N)[C@H](CCCC)O[Si](C)(C)C(C)(C)C. The molecular formula is C16H37NOSi. The molecule has 0 unspecified atom stereocenters. The minimum atomic E-state index is -1.70. The molecule has 116 valence electrons. The fraction of sp³-hybridized carbons (Fsp3) is 1.00. The van der Waals surface area contributed by atoms with Gasteiger partial charge < -0.3 is 10.2 Å². The summed E-state index contributed by atoms with van der Waals surface area (Å²) in [4.78, 5) is 0. The Hall–Kier alpha value is 0.137. The van der Waals surface area contributed by atoms with Gasteiger partial charge in [0.1, 0.15) is 0 Å². The lowest BCUT2D eigenvalue weighted by Crippen LogP contribution is -2.49. The molecule has 0 radical (unpaired) electrons. The molecule has 3 heteroatoms. The summed E-state index contributed by atoms with van der Waals surface area (Å²) in [5.74, 6) is 0. The van der Waals surface area contributed by atoms with Gasteiger partial charge in [-0.05, 0) is 31.0 Å². The molecule has 0 spiro atoms. The Morgan fingerprint density at radius 1 is 1.00 bits per heavy atom. The van der Waals surface area contributed by atoms with Crippen LogP contribution in [0.1, 0.15) is 73.1 Å². The Morgan fingerprint density at radius 3 is 1.89 bits per heavy atom.